The number of benzene rings is 1. The highest BCUT2D eigenvalue weighted by molar-refractivity contribution is 7.22. The summed E-state index contributed by atoms with van der Waals surface area (Å²) in [5, 5.41) is 6.46. The van der Waals surface area contributed by atoms with Crippen molar-refractivity contribution in [3.8, 4) is 0 Å². The summed E-state index contributed by atoms with van der Waals surface area (Å²) in [7, 11) is 1.62. The van der Waals surface area contributed by atoms with E-state index in [0.717, 1.165) is 4.70 Å². The number of nitrogens with zero attached hydrogens (tertiary/aromatic N) is 1. The second kappa shape index (κ2) is 5.13. The van der Waals surface area contributed by atoms with Crippen molar-refractivity contribution >= 4 is 32.6 Å². The lowest BCUT2D eigenvalue weighted by Gasteiger charge is -2.22. The molecule has 102 valence electrons. The number of aromatic nitrogens is 1. The molecule has 1 amide bonds. The average Bonchev–Trinajstić information content (AvgIpc) is 2.77. The largest absolute Gasteiger partial charge is 0.360 e. The fourth-order valence-corrected chi connectivity index (χ4v) is 2.53. The van der Waals surface area contributed by atoms with E-state index in [0.29, 0.717) is 17.2 Å². The van der Waals surface area contributed by atoms with Crippen LogP contribution in [0.5, 0.6) is 0 Å². The van der Waals surface area contributed by atoms with Crippen molar-refractivity contribution in [2.24, 2.45) is 5.41 Å². The molecule has 0 saturated heterocycles. The van der Waals surface area contributed by atoms with Crippen LogP contribution in [0, 0.1) is 11.2 Å². The standard InChI is InChI=1S/C13H16FN3OS/c1-13(2,11(18)15-3)7-16-12-17-9-6-8(14)4-5-10(9)19-12/h4-6H,7H2,1-3H3,(H,15,18)(H,16,17). The van der Waals surface area contributed by atoms with E-state index in [1.165, 1.54) is 23.5 Å². The van der Waals surface area contributed by atoms with E-state index in [2.05, 4.69) is 15.6 Å². The first-order valence-electron chi connectivity index (χ1n) is 5.94. The minimum Gasteiger partial charge on any atom is -0.360 e. The molecule has 6 heteroatoms. The first-order valence-corrected chi connectivity index (χ1v) is 6.76. The molecule has 0 aliphatic carbocycles. The van der Waals surface area contributed by atoms with Gasteiger partial charge in [0.05, 0.1) is 15.6 Å². The normalized spacial score (nSPS) is 11.6. The minimum atomic E-state index is -0.530. The maximum atomic E-state index is 13.1. The summed E-state index contributed by atoms with van der Waals surface area (Å²) in [6, 6.07) is 4.52. The Labute approximate surface area is 115 Å². The van der Waals surface area contributed by atoms with Crippen LogP contribution in [0.1, 0.15) is 13.8 Å². The van der Waals surface area contributed by atoms with Crippen LogP contribution in [0.25, 0.3) is 10.2 Å². The molecule has 0 atom stereocenters. The number of carbonyl (C=O) groups excluding carboxylic acids is 1. The monoisotopic (exact) mass is 281 g/mol. The summed E-state index contributed by atoms with van der Waals surface area (Å²) in [5.74, 6) is -0.331. The number of anilines is 1. The number of carbonyl (C=O) groups is 1. The molecule has 19 heavy (non-hydrogen) atoms. The smallest absolute Gasteiger partial charge is 0.227 e. The maximum Gasteiger partial charge on any atom is 0.227 e. The molecule has 2 rings (SSSR count). The molecule has 0 spiro atoms. The van der Waals surface area contributed by atoms with E-state index in [1.807, 2.05) is 13.8 Å². The van der Waals surface area contributed by atoms with Gasteiger partial charge in [0.25, 0.3) is 0 Å². The first-order chi connectivity index (χ1) is 8.92. The number of amides is 1. The number of hydrogen-bond acceptors (Lipinski definition) is 4. The predicted molar refractivity (Wildman–Crippen MR) is 75.9 cm³/mol. The summed E-state index contributed by atoms with van der Waals surface area (Å²) in [5.41, 5.74) is 0.1000. The van der Waals surface area contributed by atoms with E-state index < -0.39 is 5.41 Å². The number of rotatable bonds is 4. The van der Waals surface area contributed by atoms with Gasteiger partial charge in [-0.05, 0) is 26.0 Å². The summed E-state index contributed by atoms with van der Waals surface area (Å²) in [6.45, 7) is 4.17. The molecule has 0 aliphatic heterocycles. The molecule has 1 heterocycles. The van der Waals surface area contributed by atoms with Gasteiger partial charge in [-0.1, -0.05) is 11.3 Å². The predicted octanol–water partition coefficient (Wildman–Crippen LogP) is 2.62. The lowest BCUT2D eigenvalue weighted by Crippen LogP contribution is -2.39. The molecule has 4 nitrogen and oxygen atoms in total. The zero-order chi connectivity index (χ0) is 14.0. The zero-order valence-corrected chi connectivity index (χ0v) is 11.9. The highest BCUT2D eigenvalue weighted by Gasteiger charge is 2.26. The van der Waals surface area contributed by atoms with Crippen LogP contribution in [-0.4, -0.2) is 24.5 Å². The van der Waals surface area contributed by atoms with Crippen LogP contribution in [0.4, 0.5) is 9.52 Å². The van der Waals surface area contributed by atoms with Crippen molar-refractivity contribution < 1.29 is 9.18 Å². The molecule has 0 fully saturated rings. The van der Waals surface area contributed by atoms with Crippen molar-refractivity contribution in [1.29, 1.82) is 0 Å². The second-order valence-electron chi connectivity index (χ2n) is 4.95. The third kappa shape index (κ3) is 3.01. The molecule has 0 aliphatic rings. The van der Waals surface area contributed by atoms with Gasteiger partial charge in [-0.3, -0.25) is 4.79 Å². The highest BCUT2D eigenvalue weighted by atomic mass is 32.1. The maximum absolute atomic E-state index is 13.1. The SMILES string of the molecule is CNC(=O)C(C)(C)CNc1nc2cc(F)ccc2s1. The first kappa shape index (κ1) is 13.7. The van der Waals surface area contributed by atoms with Crippen LogP contribution in [-0.2, 0) is 4.79 Å². The molecular weight excluding hydrogens is 265 g/mol. The lowest BCUT2D eigenvalue weighted by atomic mass is 9.92. The highest BCUT2D eigenvalue weighted by Crippen LogP contribution is 2.27. The Morgan fingerprint density at radius 1 is 1.47 bits per heavy atom. The van der Waals surface area contributed by atoms with E-state index in [9.17, 15) is 9.18 Å². The number of fused-ring (bicyclic) bond motifs is 1. The topological polar surface area (TPSA) is 54.0 Å². The van der Waals surface area contributed by atoms with Crippen molar-refractivity contribution in [1.82, 2.24) is 10.3 Å². The van der Waals surface area contributed by atoms with Gasteiger partial charge in [0.1, 0.15) is 5.82 Å². The Kier molecular flexibility index (Phi) is 3.71. The molecule has 2 aromatic rings. The van der Waals surface area contributed by atoms with Crippen LogP contribution < -0.4 is 10.6 Å². The molecule has 1 aromatic carbocycles. The third-order valence-corrected chi connectivity index (χ3v) is 3.87. The van der Waals surface area contributed by atoms with Gasteiger partial charge in [0.15, 0.2) is 5.13 Å². The van der Waals surface area contributed by atoms with Gasteiger partial charge < -0.3 is 10.6 Å². The van der Waals surface area contributed by atoms with Gasteiger partial charge in [-0.25, -0.2) is 9.37 Å². The second-order valence-corrected chi connectivity index (χ2v) is 5.98. The lowest BCUT2D eigenvalue weighted by molar-refractivity contribution is -0.128. The van der Waals surface area contributed by atoms with E-state index in [-0.39, 0.29) is 11.7 Å². The summed E-state index contributed by atoms with van der Waals surface area (Å²) >= 11 is 1.45. The molecule has 0 unspecified atom stereocenters. The summed E-state index contributed by atoms with van der Waals surface area (Å²) in [6.07, 6.45) is 0. The number of hydrogen-bond donors (Lipinski definition) is 2. The Balaban J connectivity index is 2.12. The third-order valence-electron chi connectivity index (χ3n) is 2.87. The van der Waals surface area contributed by atoms with Crippen LogP contribution >= 0.6 is 11.3 Å². The molecule has 1 aromatic heterocycles. The van der Waals surface area contributed by atoms with Gasteiger partial charge in [-0.2, -0.15) is 0 Å². The van der Waals surface area contributed by atoms with Gasteiger partial charge in [0.2, 0.25) is 5.91 Å². The Hall–Kier alpha value is -1.69. The van der Waals surface area contributed by atoms with Crippen molar-refractivity contribution in [3.05, 3.63) is 24.0 Å². The van der Waals surface area contributed by atoms with Crippen molar-refractivity contribution in [3.63, 3.8) is 0 Å². The molecule has 2 N–H and O–H groups in total. The summed E-state index contributed by atoms with van der Waals surface area (Å²) < 4.78 is 14.0. The Bertz CT molecular complexity index is 609. The van der Waals surface area contributed by atoms with Gasteiger partial charge in [0, 0.05) is 19.7 Å². The summed E-state index contributed by atoms with van der Waals surface area (Å²) in [4.78, 5) is 16.0. The van der Waals surface area contributed by atoms with Gasteiger partial charge in [-0.15, -0.1) is 0 Å². The Morgan fingerprint density at radius 2 is 2.21 bits per heavy atom. The number of halogens is 1. The van der Waals surface area contributed by atoms with Gasteiger partial charge >= 0.3 is 0 Å². The number of nitrogens with one attached hydrogen (secondary N) is 2. The molecule has 0 saturated carbocycles. The van der Waals surface area contributed by atoms with Crippen LogP contribution in [0.3, 0.4) is 0 Å². The number of thiazole rings is 1. The van der Waals surface area contributed by atoms with Crippen LogP contribution in [0.15, 0.2) is 18.2 Å². The van der Waals surface area contributed by atoms with E-state index >= 15 is 0 Å². The molecular formula is C13H16FN3OS. The Morgan fingerprint density at radius 3 is 2.89 bits per heavy atom. The fourth-order valence-electron chi connectivity index (χ4n) is 1.69. The molecule has 0 bridgehead atoms. The molecule has 0 radical (unpaired) electrons. The van der Waals surface area contributed by atoms with E-state index in [4.69, 9.17) is 0 Å². The quantitative estimate of drug-likeness (QED) is 0.905. The van der Waals surface area contributed by atoms with Crippen LogP contribution in [0.2, 0.25) is 0 Å². The zero-order valence-electron chi connectivity index (χ0n) is 11.1. The van der Waals surface area contributed by atoms with Crippen molar-refractivity contribution in [2.45, 2.75) is 13.8 Å². The minimum absolute atomic E-state index is 0.0350. The average molecular weight is 281 g/mol. The van der Waals surface area contributed by atoms with Crippen molar-refractivity contribution in [2.75, 3.05) is 18.9 Å². The fraction of sp³-hybridized carbons (Fsp3) is 0.385. The van der Waals surface area contributed by atoms with E-state index in [1.54, 1.807) is 13.1 Å².